The van der Waals surface area contributed by atoms with E-state index in [9.17, 15) is 46.1 Å². The van der Waals surface area contributed by atoms with Crippen LogP contribution >= 0.6 is 31.9 Å². The van der Waals surface area contributed by atoms with Crippen LogP contribution in [0.2, 0.25) is 61.4 Å². The van der Waals surface area contributed by atoms with Crippen LogP contribution in [0.3, 0.4) is 0 Å². The van der Waals surface area contributed by atoms with Gasteiger partial charge in [-0.05, 0) is 139 Å². The summed E-state index contributed by atoms with van der Waals surface area (Å²) in [7, 11) is -3.70. The van der Waals surface area contributed by atoms with E-state index in [-0.39, 0.29) is 57.1 Å². The van der Waals surface area contributed by atoms with E-state index in [0.29, 0.717) is 60.7 Å². The van der Waals surface area contributed by atoms with Gasteiger partial charge in [-0.15, -0.1) is 0 Å². The first kappa shape index (κ1) is 102. The Morgan fingerprint density at radius 3 is 1.23 bits per heavy atom. The Kier molecular flexibility index (Phi) is 38.5. The molecule has 6 aromatic carbocycles. The van der Waals surface area contributed by atoms with Crippen molar-refractivity contribution in [2.24, 2.45) is 0 Å². The molecule has 660 valence electrons. The number of alkyl halides is 6. The molecule has 2 heterocycles. The topological polar surface area (TPSA) is 204 Å². The smallest absolute Gasteiger partial charge is 0.414 e. The van der Waals surface area contributed by atoms with Crippen LogP contribution in [0.25, 0.3) is 12.2 Å². The fourth-order valence-corrected chi connectivity index (χ4v) is 24.9. The van der Waals surface area contributed by atoms with Gasteiger partial charge < -0.3 is 75.9 Å². The molecule has 2 aliphatic heterocycles. The Balaban J connectivity index is 0.000000308. The number of aliphatic hydroxyl groups excluding tert-OH is 2. The number of hydrogen-bond donors (Lipinski definition) is 2. The van der Waals surface area contributed by atoms with Gasteiger partial charge in [-0.3, -0.25) is 0 Å². The number of halogens is 8. The minimum atomic E-state index is -4.76. The Labute approximate surface area is 725 Å². The summed E-state index contributed by atoms with van der Waals surface area (Å²) in [6.07, 6.45) is -9.15. The number of esters is 2. The van der Waals surface area contributed by atoms with E-state index in [0.717, 1.165) is 22.5 Å². The summed E-state index contributed by atoms with van der Waals surface area (Å²) in [6.45, 7) is 32.2. The SMILES string of the molecule is CC(C)(C)[Si](OC(CC=C(Br)Br)C(F)(F)F)(c1ccccc1)c1ccccc1.COCOc1cc(OC)cc(/C=C/C[C@@H]2OC(C)(C)O[C@@H]2C(O)C#CC[C@@H](O[Si](c2ccccc2)(c2ccccc2)C(C)(C)C)C(F)(F)F)c1C(=O)OCC[Si](C)(C)C.COCOc1cc(OC)cc(/C=C/C[C@@H]2OC(C)(C)O[C@@H]2CO)c1C(=O)OCC[Si](C)(C)C. The molecular weight excluding hydrogens is 1760 g/mol. The molecule has 120 heavy (non-hydrogen) atoms. The highest BCUT2D eigenvalue weighted by atomic mass is 79.9. The third-order valence-electron chi connectivity index (χ3n) is 19.5. The lowest BCUT2D eigenvalue weighted by Crippen LogP contribution is -2.68. The number of hydrogen-bond acceptors (Lipinski definition) is 18. The lowest BCUT2D eigenvalue weighted by atomic mass is 10.0. The van der Waals surface area contributed by atoms with E-state index >= 15 is 0 Å². The molecular formula is C90H120Br2F6O18Si4. The van der Waals surface area contributed by atoms with Gasteiger partial charge in [0, 0.05) is 55.3 Å². The molecule has 0 aliphatic carbocycles. The van der Waals surface area contributed by atoms with E-state index in [4.69, 9.17) is 65.7 Å². The molecule has 2 aliphatic rings. The van der Waals surface area contributed by atoms with Crippen molar-refractivity contribution >= 4 is 109 Å². The molecule has 0 spiro atoms. The van der Waals surface area contributed by atoms with Crippen molar-refractivity contribution in [3.63, 3.8) is 0 Å². The predicted molar refractivity (Wildman–Crippen MR) is 476 cm³/mol. The van der Waals surface area contributed by atoms with Crippen LogP contribution in [0.5, 0.6) is 23.0 Å². The molecule has 2 fully saturated rings. The summed E-state index contributed by atoms with van der Waals surface area (Å²) in [5.74, 6) is 3.79. The van der Waals surface area contributed by atoms with Crippen LogP contribution in [0, 0.1) is 11.8 Å². The molecule has 2 saturated heterocycles. The summed E-state index contributed by atoms with van der Waals surface area (Å²) in [4.78, 5) is 26.5. The Morgan fingerprint density at radius 2 is 0.892 bits per heavy atom. The molecule has 0 radical (unpaired) electrons. The van der Waals surface area contributed by atoms with Crippen LogP contribution < -0.4 is 39.7 Å². The monoisotopic (exact) mass is 1870 g/mol. The third kappa shape index (κ3) is 30.0. The lowest BCUT2D eigenvalue weighted by Gasteiger charge is -2.45. The van der Waals surface area contributed by atoms with Crippen molar-refractivity contribution in [2.45, 2.75) is 223 Å². The average Bonchev–Trinajstić information content (AvgIpc) is 1.23. The summed E-state index contributed by atoms with van der Waals surface area (Å²) in [5.41, 5.74) is 1.53. The van der Waals surface area contributed by atoms with Gasteiger partial charge in [-0.1, -0.05) is 244 Å². The molecule has 2 unspecified atom stereocenters. The van der Waals surface area contributed by atoms with Crippen molar-refractivity contribution < 1.29 is 112 Å². The summed E-state index contributed by atoms with van der Waals surface area (Å²) in [5, 5.41) is 22.8. The van der Waals surface area contributed by atoms with Gasteiger partial charge in [0.15, 0.2) is 31.3 Å². The first-order valence-corrected chi connectivity index (χ1v) is 52.5. The van der Waals surface area contributed by atoms with Gasteiger partial charge in [-0.25, -0.2) is 9.59 Å². The van der Waals surface area contributed by atoms with Crippen molar-refractivity contribution in [3.05, 3.63) is 189 Å². The van der Waals surface area contributed by atoms with E-state index in [1.165, 1.54) is 27.4 Å². The van der Waals surface area contributed by atoms with Gasteiger partial charge in [0.2, 0.25) is 0 Å². The zero-order valence-corrected chi connectivity index (χ0v) is 79.7. The molecule has 0 saturated carbocycles. The zero-order chi connectivity index (χ0) is 89.3. The van der Waals surface area contributed by atoms with Crippen molar-refractivity contribution in [3.8, 4) is 34.8 Å². The standard InChI is InChI=1S/C45H59F3O9Si2.C24H38O8Si.C21H23Br2F3OSi/c1-43(2,3)59(34-20-13-11-14-21-34,35-22-15-12-16-23-35)57-39(45(46,47)48)26-18-24-36(49)41-37(55-44(4,5)56-41)25-17-19-32-29-33(52-7)30-38(54-31-51-6)40(32)42(50)53-27-28-58(8,9)10;1-24(2)31-19(21(15-25)32-24)10-8-9-17-13-18(28-4)14-20(30-16-27-3)22(17)23(26)29-11-12-33(5,6)7;1-20(2,3)28(16-10-6-4-7-11-16,17-12-8-5-9-13-17)27-18(21(24,25)26)14-15-19(22)23/h11-17,19-23,29-30,36-37,39,41,49H,25-28,31H2,1-10H3;8-9,13-14,19,21,25H,10-12,15-16H2,1-7H3;4-13,15,18H,14H2,1-3H3/b19-17+;9-8+;/t36?,37-,39+,41+;19-,21+;/m00./s1. The van der Waals surface area contributed by atoms with E-state index in [1.807, 2.05) is 159 Å². The number of carbonyl (C=O) groups excluding carboxylic acids is 2. The Hall–Kier alpha value is -6.75. The minimum Gasteiger partial charge on any atom is -0.497 e. The summed E-state index contributed by atoms with van der Waals surface area (Å²) < 4.78 is 167. The molecule has 8 rings (SSSR count). The highest BCUT2D eigenvalue weighted by Gasteiger charge is 2.57. The number of benzene rings is 6. The number of methoxy groups -OCH3 is 4. The normalized spacial score (nSPS) is 17.8. The fourth-order valence-electron chi connectivity index (χ4n) is 13.7. The van der Waals surface area contributed by atoms with Gasteiger partial charge in [0.1, 0.15) is 58.5 Å². The lowest BCUT2D eigenvalue weighted by molar-refractivity contribution is -0.196. The maximum Gasteiger partial charge on any atom is 0.414 e. The van der Waals surface area contributed by atoms with Crippen molar-refractivity contribution in [1.29, 1.82) is 0 Å². The number of aliphatic hydroxyl groups is 2. The highest BCUT2D eigenvalue weighted by molar-refractivity contribution is 9.28. The average molecular weight is 1880 g/mol. The van der Waals surface area contributed by atoms with E-state index in [2.05, 4.69) is 83.0 Å². The van der Waals surface area contributed by atoms with E-state index < -0.39 is 122 Å². The van der Waals surface area contributed by atoms with Crippen LogP contribution in [-0.4, -0.2) is 183 Å². The van der Waals surface area contributed by atoms with Crippen LogP contribution in [0.1, 0.15) is 127 Å². The van der Waals surface area contributed by atoms with Gasteiger partial charge >= 0.3 is 24.3 Å². The second-order valence-corrected chi connectivity index (χ2v) is 56.8. The van der Waals surface area contributed by atoms with Crippen molar-refractivity contribution in [2.75, 3.05) is 61.8 Å². The number of ether oxygens (including phenoxy) is 12. The number of rotatable bonds is 35. The van der Waals surface area contributed by atoms with Gasteiger partial charge in [0.25, 0.3) is 16.6 Å². The molecule has 7 atom stereocenters. The third-order valence-corrected chi connectivity index (χ3v) is 33.6. The molecule has 6 aromatic rings. The van der Waals surface area contributed by atoms with Crippen LogP contribution in [-0.2, 0) is 46.7 Å². The largest absolute Gasteiger partial charge is 0.497 e. The first-order chi connectivity index (χ1) is 56.1. The molecule has 2 N–H and O–H groups in total. The second-order valence-electron chi connectivity index (χ2n) is 34.3. The molecule has 30 heteroatoms. The maximum atomic E-state index is 14.9. The van der Waals surface area contributed by atoms with Crippen LogP contribution in [0.4, 0.5) is 26.3 Å². The minimum absolute atomic E-state index is 0.0218. The zero-order valence-electron chi connectivity index (χ0n) is 72.5. The Morgan fingerprint density at radius 1 is 0.533 bits per heavy atom. The molecule has 0 aromatic heterocycles. The van der Waals surface area contributed by atoms with Crippen LogP contribution in [0.15, 0.2) is 167 Å². The quantitative estimate of drug-likeness (QED) is 0.0125. The first-order valence-electron chi connectivity index (χ1n) is 39.7. The van der Waals surface area contributed by atoms with E-state index in [1.54, 1.807) is 87.7 Å². The molecule has 18 nitrogen and oxygen atoms in total. The highest BCUT2D eigenvalue weighted by Crippen LogP contribution is 2.44. The summed E-state index contributed by atoms with van der Waals surface area (Å²) in [6, 6.07) is 45.1. The van der Waals surface area contributed by atoms with Crippen molar-refractivity contribution in [1.82, 2.24) is 0 Å². The predicted octanol–water partition coefficient (Wildman–Crippen LogP) is 19.0. The van der Waals surface area contributed by atoms with Gasteiger partial charge in [-0.2, -0.15) is 26.3 Å². The Bertz CT molecular complexity index is 4270. The summed E-state index contributed by atoms with van der Waals surface area (Å²) >= 11 is 6.29. The van der Waals surface area contributed by atoms with Gasteiger partial charge in [0.05, 0.1) is 49.6 Å². The fraction of sp³-hybridized carbons (Fsp3) is 0.489. The molecule has 0 bridgehead atoms. The second kappa shape index (κ2) is 45.2. The molecule has 0 amide bonds. The number of carbonyl (C=O) groups is 2. The maximum absolute atomic E-state index is 14.9.